The van der Waals surface area contributed by atoms with E-state index in [4.69, 9.17) is 11.6 Å². The van der Waals surface area contributed by atoms with Gasteiger partial charge in [-0.1, -0.05) is 12.8 Å². The fourth-order valence-corrected chi connectivity index (χ4v) is 2.75. The standard InChI is InChI=1S/C12H16BrClN2/c13-10-5-6-12(15-9-10)16(8-7-14)11-3-1-2-4-11/h5-6,9,11H,1-4,7-8H2. The maximum atomic E-state index is 5.88. The van der Waals surface area contributed by atoms with E-state index in [9.17, 15) is 0 Å². The Balaban J connectivity index is 2.14. The lowest BCUT2D eigenvalue weighted by Crippen LogP contribution is -2.35. The number of hydrogen-bond donors (Lipinski definition) is 0. The minimum atomic E-state index is 0.632. The molecule has 0 saturated heterocycles. The van der Waals surface area contributed by atoms with Crippen LogP contribution in [0.1, 0.15) is 25.7 Å². The molecule has 2 nitrogen and oxygen atoms in total. The summed E-state index contributed by atoms with van der Waals surface area (Å²) in [6, 6.07) is 4.74. The fourth-order valence-electron chi connectivity index (χ4n) is 2.33. The topological polar surface area (TPSA) is 16.1 Å². The van der Waals surface area contributed by atoms with E-state index in [2.05, 4.69) is 31.9 Å². The predicted molar refractivity (Wildman–Crippen MR) is 72.3 cm³/mol. The summed E-state index contributed by atoms with van der Waals surface area (Å²) in [6.07, 6.45) is 7.06. The molecule has 0 amide bonds. The highest BCUT2D eigenvalue weighted by Gasteiger charge is 2.22. The largest absolute Gasteiger partial charge is 0.352 e. The molecule has 1 saturated carbocycles. The first-order chi connectivity index (χ1) is 7.81. The van der Waals surface area contributed by atoms with Gasteiger partial charge in [0.05, 0.1) is 0 Å². The summed E-state index contributed by atoms with van der Waals surface area (Å²) in [5.74, 6) is 1.71. The number of aromatic nitrogens is 1. The molecule has 0 spiro atoms. The minimum Gasteiger partial charge on any atom is -0.352 e. The van der Waals surface area contributed by atoms with Crippen LogP contribution in [0.4, 0.5) is 5.82 Å². The summed E-state index contributed by atoms with van der Waals surface area (Å²) < 4.78 is 1.02. The summed E-state index contributed by atoms with van der Waals surface area (Å²) in [7, 11) is 0. The van der Waals surface area contributed by atoms with Gasteiger partial charge in [0.1, 0.15) is 5.82 Å². The zero-order valence-electron chi connectivity index (χ0n) is 9.20. The molecule has 0 bridgehead atoms. The van der Waals surface area contributed by atoms with Gasteiger partial charge in [-0.15, -0.1) is 11.6 Å². The van der Waals surface area contributed by atoms with E-state index in [1.54, 1.807) is 0 Å². The average molecular weight is 304 g/mol. The van der Waals surface area contributed by atoms with Crippen LogP contribution in [0.25, 0.3) is 0 Å². The van der Waals surface area contributed by atoms with Crippen molar-refractivity contribution in [3.8, 4) is 0 Å². The molecule has 4 heteroatoms. The summed E-state index contributed by atoms with van der Waals surface area (Å²) in [4.78, 5) is 6.82. The number of pyridine rings is 1. The van der Waals surface area contributed by atoms with Crippen LogP contribution < -0.4 is 4.90 Å². The number of rotatable bonds is 4. The highest BCUT2D eigenvalue weighted by Crippen LogP contribution is 2.27. The van der Waals surface area contributed by atoms with Crippen LogP contribution >= 0.6 is 27.5 Å². The van der Waals surface area contributed by atoms with Crippen LogP contribution in [0, 0.1) is 0 Å². The molecule has 0 aromatic carbocycles. The highest BCUT2D eigenvalue weighted by atomic mass is 79.9. The quantitative estimate of drug-likeness (QED) is 0.786. The Morgan fingerprint density at radius 3 is 2.69 bits per heavy atom. The van der Waals surface area contributed by atoms with Crippen molar-refractivity contribution in [1.82, 2.24) is 4.98 Å². The molecule has 0 atom stereocenters. The molecular weight excluding hydrogens is 288 g/mol. The lowest BCUT2D eigenvalue weighted by Gasteiger charge is -2.29. The van der Waals surface area contributed by atoms with E-state index >= 15 is 0 Å². The molecule has 1 aromatic heterocycles. The number of halogens is 2. The van der Waals surface area contributed by atoms with Crippen molar-refractivity contribution in [3.05, 3.63) is 22.8 Å². The van der Waals surface area contributed by atoms with Gasteiger partial charge in [0.15, 0.2) is 0 Å². The van der Waals surface area contributed by atoms with E-state index in [-0.39, 0.29) is 0 Å². The van der Waals surface area contributed by atoms with Crippen molar-refractivity contribution < 1.29 is 0 Å². The molecule has 2 rings (SSSR count). The van der Waals surface area contributed by atoms with Crippen LogP contribution in [-0.4, -0.2) is 23.5 Å². The first-order valence-electron chi connectivity index (χ1n) is 5.75. The molecule has 1 heterocycles. The third-order valence-electron chi connectivity index (χ3n) is 3.10. The number of hydrogen-bond acceptors (Lipinski definition) is 2. The molecule has 1 fully saturated rings. The molecule has 0 unspecified atom stereocenters. The zero-order chi connectivity index (χ0) is 11.4. The second-order valence-electron chi connectivity index (χ2n) is 4.16. The van der Waals surface area contributed by atoms with Gasteiger partial charge in [-0.25, -0.2) is 4.98 Å². The van der Waals surface area contributed by atoms with E-state index in [0.717, 1.165) is 16.8 Å². The molecule has 16 heavy (non-hydrogen) atoms. The molecule has 0 radical (unpaired) electrons. The Kier molecular flexibility index (Phi) is 4.47. The van der Waals surface area contributed by atoms with E-state index in [1.165, 1.54) is 25.7 Å². The van der Waals surface area contributed by atoms with Crippen molar-refractivity contribution in [2.45, 2.75) is 31.7 Å². The number of alkyl halides is 1. The molecule has 88 valence electrons. The third kappa shape index (κ3) is 2.89. The molecular formula is C12H16BrClN2. The minimum absolute atomic E-state index is 0.632. The second-order valence-corrected chi connectivity index (χ2v) is 5.45. The normalized spacial score (nSPS) is 16.6. The summed E-state index contributed by atoms with van der Waals surface area (Å²) in [6.45, 7) is 0.890. The summed E-state index contributed by atoms with van der Waals surface area (Å²) in [5, 5.41) is 0. The number of anilines is 1. The SMILES string of the molecule is ClCCN(c1ccc(Br)cn1)C1CCCC1. The van der Waals surface area contributed by atoms with Crippen LogP contribution in [0.5, 0.6) is 0 Å². The first kappa shape index (κ1) is 12.2. The lowest BCUT2D eigenvalue weighted by atomic mass is 10.2. The monoisotopic (exact) mass is 302 g/mol. The van der Waals surface area contributed by atoms with Gasteiger partial charge in [0.2, 0.25) is 0 Å². The molecule has 1 aliphatic carbocycles. The maximum Gasteiger partial charge on any atom is 0.128 e. The Morgan fingerprint density at radius 2 is 2.12 bits per heavy atom. The summed E-state index contributed by atoms with van der Waals surface area (Å²) >= 11 is 9.29. The van der Waals surface area contributed by atoms with Crippen molar-refractivity contribution in [1.29, 1.82) is 0 Å². The van der Waals surface area contributed by atoms with E-state index < -0.39 is 0 Å². The van der Waals surface area contributed by atoms with Gasteiger partial charge >= 0.3 is 0 Å². The number of nitrogens with zero attached hydrogens (tertiary/aromatic N) is 2. The first-order valence-corrected chi connectivity index (χ1v) is 7.08. The van der Waals surface area contributed by atoms with Crippen LogP contribution in [0.3, 0.4) is 0 Å². The van der Waals surface area contributed by atoms with E-state index in [0.29, 0.717) is 11.9 Å². The second kappa shape index (κ2) is 5.87. The Labute approximate surface area is 110 Å². The van der Waals surface area contributed by atoms with Crippen LogP contribution in [0.2, 0.25) is 0 Å². The lowest BCUT2D eigenvalue weighted by molar-refractivity contribution is 0.614. The third-order valence-corrected chi connectivity index (χ3v) is 3.74. The van der Waals surface area contributed by atoms with Crippen LogP contribution in [0.15, 0.2) is 22.8 Å². The Hall–Kier alpha value is -0.280. The summed E-state index contributed by atoms with van der Waals surface area (Å²) in [5.41, 5.74) is 0. The highest BCUT2D eigenvalue weighted by molar-refractivity contribution is 9.10. The Morgan fingerprint density at radius 1 is 1.38 bits per heavy atom. The van der Waals surface area contributed by atoms with Crippen LogP contribution in [-0.2, 0) is 0 Å². The fraction of sp³-hybridized carbons (Fsp3) is 0.583. The van der Waals surface area contributed by atoms with Gasteiger partial charge in [-0.2, -0.15) is 0 Å². The van der Waals surface area contributed by atoms with Crippen molar-refractivity contribution >= 4 is 33.3 Å². The van der Waals surface area contributed by atoms with Gasteiger partial charge in [-0.3, -0.25) is 0 Å². The maximum absolute atomic E-state index is 5.88. The van der Waals surface area contributed by atoms with Gasteiger partial charge in [0, 0.05) is 29.1 Å². The molecule has 0 aliphatic heterocycles. The average Bonchev–Trinajstić information content (AvgIpc) is 2.81. The van der Waals surface area contributed by atoms with Crippen molar-refractivity contribution in [2.24, 2.45) is 0 Å². The van der Waals surface area contributed by atoms with Gasteiger partial charge in [0.25, 0.3) is 0 Å². The van der Waals surface area contributed by atoms with E-state index in [1.807, 2.05) is 12.3 Å². The van der Waals surface area contributed by atoms with Gasteiger partial charge < -0.3 is 4.90 Å². The molecule has 1 aromatic rings. The predicted octanol–water partition coefficient (Wildman–Crippen LogP) is 3.83. The smallest absolute Gasteiger partial charge is 0.128 e. The Bertz CT molecular complexity index is 322. The molecule has 1 aliphatic rings. The van der Waals surface area contributed by atoms with Gasteiger partial charge in [-0.05, 0) is 40.9 Å². The van der Waals surface area contributed by atoms with Crippen molar-refractivity contribution in [2.75, 3.05) is 17.3 Å². The molecule has 0 N–H and O–H groups in total. The van der Waals surface area contributed by atoms with Crippen molar-refractivity contribution in [3.63, 3.8) is 0 Å². The zero-order valence-corrected chi connectivity index (χ0v) is 11.5.